The van der Waals surface area contributed by atoms with Crippen molar-refractivity contribution in [3.05, 3.63) is 77.3 Å². The molecule has 108 valence electrons. The van der Waals surface area contributed by atoms with Crippen molar-refractivity contribution in [2.45, 2.75) is 0 Å². The van der Waals surface area contributed by atoms with Crippen molar-refractivity contribution in [1.82, 2.24) is 4.98 Å². The number of pyridine rings is 1. The average Bonchev–Trinajstić information content (AvgIpc) is 2.81. The van der Waals surface area contributed by atoms with E-state index in [-0.39, 0.29) is 5.78 Å². The van der Waals surface area contributed by atoms with Crippen LogP contribution in [0.5, 0.6) is 0 Å². The van der Waals surface area contributed by atoms with Crippen molar-refractivity contribution in [3.8, 4) is 0 Å². The zero-order chi connectivity index (χ0) is 15.2. The molecule has 1 saturated heterocycles. The summed E-state index contributed by atoms with van der Waals surface area (Å²) in [7, 11) is 0. The Kier molecular flexibility index (Phi) is 4.35. The summed E-state index contributed by atoms with van der Waals surface area (Å²) in [6.45, 7) is 0.630. The van der Waals surface area contributed by atoms with Crippen LogP contribution in [-0.2, 0) is 9.53 Å². The first-order valence-corrected chi connectivity index (χ1v) is 6.92. The molecule has 0 amide bonds. The number of hydrogen-bond acceptors (Lipinski definition) is 4. The predicted octanol–water partition coefficient (Wildman–Crippen LogP) is 2.67. The van der Waals surface area contributed by atoms with Gasteiger partial charge in [-0.3, -0.25) is 9.78 Å². The lowest BCUT2D eigenvalue weighted by Crippen LogP contribution is -2.22. The number of carbonyl (C=O) groups excluding carboxylic acids is 1. The van der Waals surface area contributed by atoms with Crippen LogP contribution in [0.3, 0.4) is 0 Å². The van der Waals surface area contributed by atoms with Crippen molar-refractivity contribution in [1.29, 1.82) is 0 Å². The van der Waals surface area contributed by atoms with Crippen molar-refractivity contribution >= 4 is 17.7 Å². The second-order valence-corrected chi connectivity index (χ2v) is 4.86. The fraction of sp³-hybridized carbons (Fsp3) is 0.111. The number of aromatic nitrogens is 1. The lowest BCUT2D eigenvalue weighted by molar-refractivity contribution is -0.114. The minimum Gasteiger partial charge on any atom is -0.372 e. The molecule has 0 saturated carbocycles. The SMILES string of the molecule is O=C1/C(=C/C2=CN=C=CC=C2)COC/C1=C\c1cccnc1. The Morgan fingerprint density at radius 1 is 1.23 bits per heavy atom. The van der Waals surface area contributed by atoms with Crippen molar-refractivity contribution < 1.29 is 9.53 Å². The Bertz CT molecular complexity index is 762. The van der Waals surface area contributed by atoms with Gasteiger partial charge in [0.25, 0.3) is 0 Å². The third kappa shape index (κ3) is 3.44. The molecular weight excluding hydrogens is 276 g/mol. The number of ketones is 1. The first kappa shape index (κ1) is 14.1. The molecule has 3 rings (SSSR count). The summed E-state index contributed by atoms with van der Waals surface area (Å²) in [5, 5.41) is 0. The van der Waals surface area contributed by atoms with Crippen LogP contribution in [0.15, 0.2) is 76.7 Å². The molecule has 0 aliphatic carbocycles. The summed E-state index contributed by atoms with van der Waals surface area (Å²) in [4.78, 5) is 20.6. The Balaban J connectivity index is 1.86. The van der Waals surface area contributed by atoms with E-state index in [1.54, 1.807) is 30.7 Å². The standard InChI is InChI=1S/C18H14N2O2/c21-18-16(8-14-4-1-2-6-19-10-14)12-22-13-17(18)9-15-5-3-7-20-11-15/h1-5,7-11H,12-13H2/b16-8+,17-9+. The molecule has 4 nitrogen and oxygen atoms in total. The second-order valence-electron chi connectivity index (χ2n) is 4.86. The van der Waals surface area contributed by atoms with Gasteiger partial charge >= 0.3 is 0 Å². The second kappa shape index (κ2) is 6.76. The average molecular weight is 290 g/mol. The molecule has 0 unspecified atom stereocenters. The van der Waals surface area contributed by atoms with Crippen LogP contribution in [0.2, 0.25) is 0 Å². The highest BCUT2D eigenvalue weighted by molar-refractivity contribution is 6.12. The van der Waals surface area contributed by atoms with E-state index in [1.165, 1.54) is 0 Å². The van der Waals surface area contributed by atoms with E-state index < -0.39 is 0 Å². The van der Waals surface area contributed by atoms with Gasteiger partial charge in [-0.15, -0.1) is 0 Å². The third-order valence-corrected chi connectivity index (χ3v) is 3.21. The molecule has 0 aromatic carbocycles. The maximum atomic E-state index is 12.5. The monoisotopic (exact) mass is 290 g/mol. The molecule has 2 aliphatic rings. The summed E-state index contributed by atoms with van der Waals surface area (Å²) in [5.41, 5.74) is 2.98. The van der Waals surface area contributed by atoms with Crippen LogP contribution in [0.4, 0.5) is 0 Å². The normalized spacial score (nSPS) is 21.3. The van der Waals surface area contributed by atoms with E-state index in [9.17, 15) is 4.79 Å². The highest BCUT2D eigenvalue weighted by Gasteiger charge is 2.21. The quantitative estimate of drug-likeness (QED) is 0.787. The number of ether oxygens (including phenoxy) is 1. The molecular formula is C18H14N2O2. The zero-order valence-corrected chi connectivity index (χ0v) is 11.9. The van der Waals surface area contributed by atoms with Gasteiger partial charge in [0.1, 0.15) is 0 Å². The molecule has 0 atom stereocenters. The molecule has 1 aromatic rings. The number of carbonyl (C=O) groups is 1. The summed E-state index contributed by atoms with van der Waals surface area (Å²) >= 11 is 0. The maximum Gasteiger partial charge on any atom is 0.189 e. The van der Waals surface area contributed by atoms with Gasteiger partial charge in [-0.05, 0) is 41.3 Å². The van der Waals surface area contributed by atoms with Crippen molar-refractivity contribution in [2.24, 2.45) is 4.99 Å². The number of aliphatic imine (C=N–C) groups is 1. The van der Waals surface area contributed by atoms with Crippen LogP contribution < -0.4 is 0 Å². The Morgan fingerprint density at radius 2 is 2.09 bits per heavy atom. The minimum atomic E-state index is 0.00517. The van der Waals surface area contributed by atoms with Gasteiger partial charge in [0.15, 0.2) is 5.78 Å². The highest BCUT2D eigenvalue weighted by atomic mass is 16.5. The molecule has 1 fully saturated rings. The van der Waals surface area contributed by atoms with Crippen LogP contribution in [0, 0.1) is 0 Å². The van der Waals surface area contributed by atoms with Crippen molar-refractivity contribution in [2.75, 3.05) is 13.2 Å². The Labute approximate surface area is 128 Å². The van der Waals surface area contributed by atoms with E-state index in [4.69, 9.17) is 4.74 Å². The molecule has 4 heteroatoms. The Morgan fingerprint density at radius 3 is 2.91 bits per heavy atom. The van der Waals surface area contributed by atoms with E-state index >= 15 is 0 Å². The zero-order valence-electron chi connectivity index (χ0n) is 11.9. The Hall–Kier alpha value is -2.81. The number of Topliss-reactive ketones (excluding diaryl/α,β-unsaturated/α-hetero) is 1. The molecule has 0 N–H and O–H groups in total. The van der Waals surface area contributed by atoms with Crippen molar-refractivity contribution in [3.63, 3.8) is 0 Å². The molecule has 22 heavy (non-hydrogen) atoms. The highest BCUT2D eigenvalue weighted by Crippen LogP contribution is 2.19. The topological polar surface area (TPSA) is 51.5 Å². The smallest absolute Gasteiger partial charge is 0.189 e. The number of allylic oxidation sites excluding steroid dienone is 5. The summed E-state index contributed by atoms with van der Waals surface area (Å²) < 4.78 is 5.53. The van der Waals surface area contributed by atoms with E-state index in [0.717, 1.165) is 11.1 Å². The van der Waals surface area contributed by atoms with E-state index in [1.807, 2.05) is 30.4 Å². The van der Waals surface area contributed by atoms with Gasteiger partial charge in [0, 0.05) is 29.7 Å². The van der Waals surface area contributed by atoms with Gasteiger partial charge in [0.2, 0.25) is 0 Å². The van der Waals surface area contributed by atoms with Gasteiger partial charge in [0.05, 0.1) is 13.2 Å². The lowest BCUT2D eigenvalue weighted by atomic mass is 9.98. The van der Waals surface area contributed by atoms with Crippen LogP contribution in [0.25, 0.3) is 6.08 Å². The molecule has 3 heterocycles. The molecule has 0 bridgehead atoms. The third-order valence-electron chi connectivity index (χ3n) is 3.21. The molecule has 1 aromatic heterocycles. The minimum absolute atomic E-state index is 0.00517. The van der Waals surface area contributed by atoms with E-state index in [2.05, 4.69) is 15.8 Å². The van der Waals surface area contributed by atoms with Gasteiger partial charge in [-0.1, -0.05) is 18.2 Å². The van der Waals surface area contributed by atoms with E-state index in [0.29, 0.717) is 24.4 Å². The first-order valence-electron chi connectivity index (χ1n) is 6.92. The van der Waals surface area contributed by atoms with Gasteiger partial charge < -0.3 is 4.74 Å². The summed E-state index contributed by atoms with van der Waals surface area (Å²) in [5.74, 6) is 2.75. The largest absolute Gasteiger partial charge is 0.372 e. The summed E-state index contributed by atoms with van der Waals surface area (Å²) in [6.07, 6.45) is 14.1. The van der Waals surface area contributed by atoms with Gasteiger partial charge in [-0.25, -0.2) is 4.99 Å². The predicted molar refractivity (Wildman–Crippen MR) is 85.4 cm³/mol. The van der Waals surface area contributed by atoms with Crippen LogP contribution >= 0.6 is 0 Å². The summed E-state index contributed by atoms with van der Waals surface area (Å²) in [6, 6.07) is 3.74. The van der Waals surface area contributed by atoms with Crippen LogP contribution in [0.1, 0.15) is 5.56 Å². The molecule has 0 radical (unpaired) electrons. The number of nitrogens with zero attached hydrogens (tertiary/aromatic N) is 2. The fourth-order valence-electron chi connectivity index (χ4n) is 2.17. The first-order chi connectivity index (χ1) is 10.8. The maximum absolute atomic E-state index is 12.5. The lowest BCUT2D eigenvalue weighted by Gasteiger charge is -2.17. The van der Waals surface area contributed by atoms with Crippen LogP contribution in [-0.4, -0.2) is 29.9 Å². The fourth-order valence-corrected chi connectivity index (χ4v) is 2.17. The van der Waals surface area contributed by atoms with Gasteiger partial charge in [-0.2, -0.15) is 0 Å². The molecule has 0 spiro atoms. The number of hydrogen-bond donors (Lipinski definition) is 0. The number of rotatable bonds is 2. The molecule has 2 aliphatic heterocycles.